The molecule has 2 aromatic carbocycles. The number of hydrogen-bond acceptors (Lipinski definition) is 2. The summed E-state index contributed by atoms with van der Waals surface area (Å²) in [6.45, 7) is 0.353. The standard InChI is InChI=1S/C14H10BrClO2/c15-12-6-2-1-4-11(12)9-18-14-10(8-17)5-3-7-13(14)16/h1-8H,9H2. The molecule has 0 atom stereocenters. The van der Waals surface area contributed by atoms with Crippen LogP contribution in [0.4, 0.5) is 0 Å². The second-order valence-electron chi connectivity index (χ2n) is 3.66. The Morgan fingerprint density at radius 3 is 2.67 bits per heavy atom. The Kier molecular flexibility index (Phi) is 4.39. The van der Waals surface area contributed by atoms with Crippen molar-refractivity contribution in [3.05, 3.63) is 63.1 Å². The van der Waals surface area contributed by atoms with E-state index in [9.17, 15) is 4.79 Å². The highest BCUT2D eigenvalue weighted by Gasteiger charge is 2.08. The first kappa shape index (κ1) is 13.1. The third kappa shape index (κ3) is 2.92. The van der Waals surface area contributed by atoms with Crippen molar-refractivity contribution in [1.29, 1.82) is 0 Å². The summed E-state index contributed by atoms with van der Waals surface area (Å²) in [5.41, 5.74) is 1.45. The SMILES string of the molecule is O=Cc1cccc(Cl)c1OCc1ccccc1Br. The van der Waals surface area contributed by atoms with Crippen LogP contribution in [-0.4, -0.2) is 6.29 Å². The van der Waals surface area contributed by atoms with E-state index in [0.29, 0.717) is 22.9 Å². The molecule has 0 spiro atoms. The smallest absolute Gasteiger partial charge is 0.153 e. The maximum Gasteiger partial charge on any atom is 0.153 e. The summed E-state index contributed by atoms with van der Waals surface area (Å²) < 4.78 is 6.60. The van der Waals surface area contributed by atoms with Gasteiger partial charge in [-0.1, -0.05) is 51.8 Å². The largest absolute Gasteiger partial charge is 0.487 e. The number of hydrogen-bond donors (Lipinski definition) is 0. The van der Waals surface area contributed by atoms with E-state index in [1.54, 1.807) is 18.2 Å². The zero-order valence-corrected chi connectivity index (χ0v) is 11.7. The van der Waals surface area contributed by atoms with Crippen molar-refractivity contribution in [2.24, 2.45) is 0 Å². The number of rotatable bonds is 4. The molecule has 0 amide bonds. The molecule has 0 aliphatic carbocycles. The van der Waals surface area contributed by atoms with Gasteiger partial charge in [-0.15, -0.1) is 0 Å². The monoisotopic (exact) mass is 324 g/mol. The van der Waals surface area contributed by atoms with E-state index in [1.807, 2.05) is 24.3 Å². The molecule has 4 heteroatoms. The topological polar surface area (TPSA) is 26.3 Å². The van der Waals surface area contributed by atoms with Crippen molar-refractivity contribution < 1.29 is 9.53 Å². The highest BCUT2D eigenvalue weighted by Crippen LogP contribution is 2.29. The van der Waals surface area contributed by atoms with Gasteiger partial charge in [0.15, 0.2) is 6.29 Å². The molecule has 0 saturated carbocycles. The van der Waals surface area contributed by atoms with E-state index in [1.165, 1.54) is 0 Å². The third-order valence-corrected chi connectivity index (χ3v) is 3.53. The van der Waals surface area contributed by atoms with Gasteiger partial charge in [0, 0.05) is 10.0 Å². The summed E-state index contributed by atoms with van der Waals surface area (Å²) in [5, 5.41) is 0.437. The minimum atomic E-state index is 0.353. The molecule has 0 radical (unpaired) electrons. The molecule has 0 saturated heterocycles. The predicted molar refractivity (Wildman–Crippen MR) is 75.3 cm³/mol. The number of carbonyl (C=O) groups is 1. The van der Waals surface area contributed by atoms with Gasteiger partial charge in [0.25, 0.3) is 0 Å². The molecule has 0 fully saturated rings. The lowest BCUT2D eigenvalue weighted by atomic mass is 10.2. The fraction of sp³-hybridized carbons (Fsp3) is 0.0714. The number of ether oxygens (including phenoxy) is 1. The van der Waals surface area contributed by atoms with Crippen LogP contribution < -0.4 is 4.74 Å². The first-order valence-corrected chi connectivity index (χ1v) is 6.49. The number of carbonyl (C=O) groups excluding carboxylic acids is 1. The maximum atomic E-state index is 10.9. The van der Waals surface area contributed by atoms with Gasteiger partial charge in [-0.25, -0.2) is 0 Å². The maximum absolute atomic E-state index is 10.9. The molecule has 0 heterocycles. The third-order valence-electron chi connectivity index (χ3n) is 2.45. The fourth-order valence-electron chi connectivity index (χ4n) is 1.54. The summed E-state index contributed by atoms with van der Waals surface area (Å²) in [7, 11) is 0. The lowest BCUT2D eigenvalue weighted by molar-refractivity contribution is 0.111. The molecule has 92 valence electrons. The van der Waals surface area contributed by atoms with Crippen LogP contribution in [-0.2, 0) is 6.61 Å². The van der Waals surface area contributed by atoms with Gasteiger partial charge in [0.1, 0.15) is 12.4 Å². The molecule has 0 unspecified atom stereocenters. The summed E-state index contributed by atoms with van der Waals surface area (Å²) in [4.78, 5) is 10.9. The lowest BCUT2D eigenvalue weighted by Gasteiger charge is -2.11. The van der Waals surface area contributed by atoms with E-state index >= 15 is 0 Å². The zero-order chi connectivity index (χ0) is 13.0. The molecule has 0 aliphatic rings. The fourth-order valence-corrected chi connectivity index (χ4v) is 2.17. The number of aldehydes is 1. The first-order valence-electron chi connectivity index (χ1n) is 5.32. The minimum Gasteiger partial charge on any atom is -0.487 e. The Labute approximate surface area is 119 Å². The molecule has 2 rings (SSSR count). The quantitative estimate of drug-likeness (QED) is 0.774. The van der Waals surface area contributed by atoms with Gasteiger partial charge in [-0.3, -0.25) is 4.79 Å². The molecule has 0 bridgehead atoms. The average molecular weight is 326 g/mol. The van der Waals surface area contributed by atoms with Crippen LogP contribution in [0.15, 0.2) is 46.9 Å². The summed E-state index contributed by atoms with van der Waals surface area (Å²) in [5.74, 6) is 0.421. The Morgan fingerprint density at radius 2 is 1.94 bits per heavy atom. The van der Waals surface area contributed by atoms with Crippen LogP contribution in [0, 0.1) is 0 Å². The summed E-state index contributed by atoms with van der Waals surface area (Å²) >= 11 is 9.46. The Morgan fingerprint density at radius 1 is 1.17 bits per heavy atom. The average Bonchev–Trinajstić information content (AvgIpc) is 2.39. The van der Waals surface area contributed by atoms with Gasteiger partial charge in [-0.2, -0.15) is 0 Å². The van der Waals surface area contributed by atoms with Crippen LogP contribution in [0.2, 0.25) is 5.02 Å². The van der Waals surface area contributed by atoms with Gasteiger partial charge >= 0.3 is 0 Å². The van der Waals surface area contributed by atoms with Crippen molar-refractivity contribution in [2.75, 3.05) is 0 Å². The van der Waals surface area contributed by atoms with E-state index < -0.39 is 0 Å². The minimum absolute atomic E-state index is 0.353. The van der Waals surface area contributed by atoms with Crippen LogP contribution >= 0.6 is 27.5 Å². The first-order chi connectivity index (χ1) is 8.72. The molecule has 18 heavy (non-hydrogen) atoms. The van der Waals surface area contributed by atoms with Gasteiger partial charge < -0.3 is 4.74 Å². The van der Waals surface area contributed by atoms with Gasteiger partial charge in [0.2, 0.25) is 0 Å². The molecule has 0 N–H and O–H groups in total. The molecule has 2 aromatic rings. The Bertz CT molecular complexity index is 569. The van der Waals surface area contributed by atoms with E-state index in [0.717, 1.165) is 16.3 Å². The second-order valence-corrected chi connectivity index (χ2v) is 4.92. The van der Waals surface area contributed by atoms with Crippen LogP contribution in [0.25, 0.3) is 0 Å². The normalized spacial score (nSPS) is 10.1. The van der Waals surface area contributed by atoms with Crippen molar-refractivity contribution in [1.82, 2.24) is 0 Å². The van der Waals surface area contributed by atoms with E-state index in [2.05, 4.69) is 15.9 Å². The molecule has 2 nitrogen and oxygen atoms in total. The number of benzene rings is 2. The number of halogens is 2. The molecule has 0 aromatic heterocycles. The summed E-state index contributed by atoms with van der Waals surface area (Å²) in [6, 6.07) is 12.8. The van der Waals surface area contributed by atoms with Gasteiger partial charge in [-0.05, 0) is 18.2 Å². The van der Waals surface area contributed by atoms with E-state index in [-0.39, 0.29) is 0 Å². The van der Waals surface area contributed by atoms with Crippen LogP contribution in [0.5, 0.6) is 5.75 Å². The lowest BCUT2D eigenvalue weighted by Crippen LogP contribution is -1.99. The number of para-hydroxylation sites is 1. The molecule has 0 aliphatic heterocycles. The zero-order valence-electron chi connectivity index (χ0n) is 9.40. The Balaban J connectivity index is 2.21. The van der Waals surface area contributed by atoms with Crippen molar-refractivity contribution >= 4 is 33.8 Å². The summed E-state index contributed by atoms with van der Waals surface area (Å²) in [6.07, 6.45) is 0.737. The Hall–Kier alpha value is -1.32. The van der Waals surface area contributed by atoms with E-state index in [4.69, 9.17) is 16.3 Å². The predicted octanol–water partition coefficient (Wildman–Crippen LogP) is 4.49. The highest BCUT2D eigenvalue weighted by molar-refractivity contribution is 9.10. The van der Waals surface area contributed by atoms with Crippen LogP contribution in [0.1, 0.15) is 15.9 Å². The van der Waals surface area contributed by atoms with Crippen LogP contribution in [0.3, 0.4) is 0 Å². The molecular formula is C14H10BrClO2. The second kappa shape index (κ2) is 6.03. The van der Waals surface area contributed by atoms with Crippen molar-refractivity contribution in [3.8, 4) is 5.75 Å². The van der Waals surface area contributed by atoms with Crippen molar-refractivity contribution in [2.45, 2.75) is 6.61 Å². The molecular weight excluding hydrogens is 316 g/mol. The van der Waals surface area contributed by atoms with Gasteiger partial charge in [0.05, 0.1) is 10.6 Å². The highest BCUT2D eigenvalue weighted by atomic mass is 79.9. The van der Waals surface area contributed by atoms with Crippen molar-refractivity contribution in [3.63, 3.8) is 0 Å².